The van der Waals surface area contributed by atoms with Gasteiger partial charge in [0, 0.05) is 25.0 Å². The molecule has 8 nitrogen and oxygen atoms in total. The molecule has 1 saturated heterocycles. The highest BCUT2D eigenvalue weighted by atomic mass is 16.3. The van der Waals surface area contributed by atoms with E-state index in [0.29, 0.717) is 29.1 Å². The molecule has 1 aromatic carbocycles. The van der Waals surface area contributed by atoms with Gasteiger partial charge in [-0.1, -0.05) is 12.1 Å². The third-order valence-electron chi connectivity index (χ3n) is 5.83. The Morgan fingerprint density at radius 1 is 1.10 bits per heavy atom. The summed E-state index contributed by atoms with van der Waals surface area (Å²) in [6.45, 7) is 0.700. The molecule has 1 unspecified atom stereocenters. The molecular formula is C21H23N5O3. The molecule has 1 atom stereocenters. The molecule has 150 valence electrons. The molecule has 1 aliphatic carbocycles. The zero-order valence-corrected chi connectivity index (χ0v) is 16.1. The molecule has 1 N–H and O–H groups in total. The fourth-order valence-corrected chi connectivity index (χ4v) is 4.30. The molecule has 1 saturated carbocycles. The first-order valence-corrected chi connectivity index (χ1v) is 10.1. The molecule has 0 bridgehead atoms. The van der Waals surface area contributed by atoms with Gasteiger partial charge in [0.05, 0.1) is 30.1 Å². The van der Waals surface area contributed by atoms with Crippen molar-refractivity contribution >= 4 is 16.7 Å². The van der Waals surface area contributed by atoms with Crippen LogP contribution in [0.15, 0.2) is 46.2 Å². The van der Waals surface area contributed by atoms with Crippen molar-refractivity contribution < 1.29 is 5.11 Å². The van der Waals surface area contributed by atoms with Crippen LogP contribution < -0.4 is 16.0 Å². The van der Waals surface area contributed by atoms with E-state index in [-0.39, 0.29) is 36.4 Å². The Labute approximate surface area is 167 Å². The van der Waals surface area contributed by atoms with Crippen LogP contribution >= 0.6 is 0 Å². The summed E-state index contributed by atoms with van der Waals surface area (Å²) >= 11 is 0. The first kappa shape index (κ1) is 18.1. The molecule has 0 amide bonds. The number of para-hydroxylation sites is 1. The van der Waals surface area contributed by atoms with Crippen LogP contribution in [0.25, 0.3) is 10.9 Å². The van der Waals surface area contributed by atoms with E-state index in [9.17, 15) is 14.7 Å². The average molecular weight is 393 g/mol. The Morgan fingerprint density at radius 3 is 2.72 bits per heavy atom. The Bertz CT molecular complexity index is 1180. The largest absolute Gasteiger partial charge is 0.395 e. The van der Waals surface area contributed by atoms with Gasteiger partial charge in [-0.2, -0.15) is 0 Å². The summed E-state index contributed by atoms with van der Waals surface area (Å²) in [6.07, 6.45) is 7.13. The van der Waals surface area contributed by atoms with E-state index in [4.69, 9.17) is 4.98 Å². The molecule has 3 aromatic rings. The second-order valence-electron chi connectivity index (χ2n) is 7.71. The first-order chi connectivity index (χ1) is 14.2. The fourth-order valence-electron chi connectivity index (χ4n) is 4.30. The zero-order valence-electron chi connectivity index (χ0n) is 16.1. The van der Waals surface area contributed by atoms with Gasteiger partial charge >= 0.3 is 0 Å². The van der Waals surface area contributed by atoms with Crippen LogP contribution in [-0.2, 0) is 6.54 Å². The number of hydrogen-bond donors (Lipinski definition) is 1. The van der Waals surface area contributed by atoms with Crippen molar-refractivity contribution in [3.05, 3.63) is 63.2 Å². The van der Waals surface area contributed by atoms with Gasteiger partial charge in [-0.05, 0) is 37.8 Å². The number of nitrogens with zero attached hydrogens (tertiary/aromatic N) is 5. The highest BCUT2D eigenvalue weighted by Crippen LogP contribution is 2.36. The molecule has 0 spiro atoms. The smallest absolute Gasteiger partial charge is 0.293 e. The Morgan fingerprint density at radius 2 is 1.93 bits per heavy atom. The minimum Gasteiger partial charge on any atom is -0.395 e. The summed E-state index contributed by atoms with van der Waals surface area (Å²) in [7, 11) is 0. The maximum atomic E-state index is 13.1. The zero-order chi connectivity index (χ0) is 20.0. The molecule has 8 heteroatoms. The van der Waals surface area contributed by atoms with Gasteiger partial charge in [0.2, 0.25) is 0 Å². The molecule has 29 heavy (non-hydrogen) atoms. The summed E-state index contributed by atoms with van der Waals surface area (Å²) in [5, 5.41) is 10.1. The highest BCUT2D eigenvalue weighted by molar-refractivity contribution is 5.77. The van der Waals surface area contributed by atoms with Crippen LogP contribution in [0.3, 0.4) is 0 Å². The van der Waals surface area contributed by atoms with Gasteiger partial charge < -0.3 is 14.6 Å². The lowest BCUT2D eigenvalue weighted by molar-refractivity contribution is 0.270. The van der Waals surface area contributed by atoms with E-state index >= 15 is 0 Å². The van der Waals surface area contributed by atoms with Gasteiger partial charge in [-0.15, -0.1) is 0 Å². The lowest BCUT2D eigenvalue weighted by Gasteiger charge is -2.27. The van der Waals surface area contributed by atoms with Crippen molar-refractivity contribution in [2.24, 2.45) is 0 Å². The van der Waals surface area contributed by atoms with Gasteiger partial charge in [0.15, 0.2) is 5.82 Å². The number of rotatable bonds is 5. The summed E-state index contributed by atoms with van der Waals surface area (Å²) in [6, 6.07) is 7.29. The molecule has 5 rings (SSSR count). The number of aromatic nitrogens is 4. The van der Waals surface area contributed by atoms with Gasteiger partial charge in [0.1, 0.15) is 5.82 Å². The van der Waals surface area contributed by atoms with Crippen molar-refractivity contribution in [2.45, 2.75) is 44.3 Å². The SMILES string of the molecule is O=c1c(N2CCCC2c2nc3ccccc3c(=O)n2CCO)nccn1C1CC1. The van der Waals surface area contributed by atoms with Crippen LogP contribution in [-0.4, -0.2) is 37.4 Å². The molecule has 0 radical (unpaired) electrons. The topological polar surface area (TPSA) is 93.2 Å². The summed E-state index contributed by atoms with van der Waals surface area (Å²) in [5.41, 5.74) is 0.381. The van der Waals surface area contributed by atoms with Crippen molar-refractivity contribution in [1.82, 2.24) is 19.1 Å². The Kier molecular flexibility index (Phi) is 4.43. The minimum absolute atomic E-state index is 0.0845. The van der Waals surface area contributed by atoms with Crippen LogP contribution in [0.4, 0.5) is 5.82 Å². The molecular weight excluding hydrogens is 370 g/mol. The fraction of sp³-hybridized carbons (Fsp3) is 0.429. The number of fused-ring (bicyclic) bond motifs is 1. The normalized spacial score (nSPS) is 19.2. The average Bonchev–Trinajstić information content (AvgIpc) is 3.47. The van der Waals surface area contributed by atoms with E-state index < -0.39 is 0 Å². The number of hydrogen-bond acceptors (Lipinski definition) is 6. The molecule has 2 aromatic heterocycles. The van der Waals surface area contributed by atoms with Gasteiger partial charge in [-0.25, -0.2) is 9.97 Å². The molecule has 2 aliphatic rings. The monoisotopic (exact) mass is 393 g/mol. The third-order valence-corrected chi connectivity index (χ3v) is 5.83. The lowest BCUT2D eigenvalue weighted by Crippen LogP contribution is -2.36. The summed E-state index contributed by atoms with van der Waals surface area (Å²) in [4.78, 5) is 37.3. The molecule has 3 heterocycles. The van der Waals surface area contributed by atoms with Crippen LogP contribution in [0.5, 0.6) is 0 Å². The summed E-state index contributed by atoms with van der Waals surface area (Å²) in [5.74, 6) is 1.00. The van der Waals surface area contributed by atoms with Crippen LogP contribution in [0, 0.1) is 0 Å². The second kappa shape index (κ2) is 7.11. The van der Waals surface area contributed by atoms with E-state index in [2.05, 4.69) is 4.98 Å². The number of aliphatic hydroxyl groups is 1. The predicted octanol–water partition coefficient (Wildman–Crippen LogP) is 1.62. The van der Waals surface area contributed by atoms with Crippen molar-refractivity contribution in [3.8, 4) is 0 Å². The number of benzene rings is 1. The standard InChI is InChI=1S/C21H23N5O3/c27-13-12-26-18(23-16-5-2-1-4-15(16)20(26)28)17-6-3-10-25(17)19-21(29)24(11-9-22-19)14-7-8-14/h1-2,4-5,9,11,14,17,27H,3,6-8,10,12-13H2. The van der Waals surface area contributed by atoms with Gasteiger partial charge in [0.25, 0.3) is 11.1 Å². The lowest BCUT2D eigenvalue weighted by atomic mass is 10.1. The van der Waals surface area contributed by atoms with E-state index in [1.807, 2.05) is 23.1 Å². The van der Waals surface area contributed by atoms with Crippen molar-refractivity contribution in [3.63, 3.8) is 0 Å². The molecule has 1 aliphatic heterocycles. The quantitative estimate of drug-likeness (QED) is 0.708. The highest BCUT2D eigenvalue weighted by Gasteiger charge is 2.34. The Hall–Kier alpha value is -3.00. The van der Waals surface area contributed by atoms with Gasteiger partial charge in [-0.3, -0.25) is 14.2 Å². The van der Waals surface area contributed by atoms with Crippen LogP contribution in [0.2, 0.25) is 0 Å². The van der Waals surface area contributed by atoms with E-state index in [1.165, 1.54) is 0 Å². The van der Waals surface area contributed by atoms with E-state index in [1.54, 1.807) is 27.6 Å². The molecule has 2 fully saturated rings. The minimum atomic E-state index is -0.228. The predicted molar refractivity (Wildman–Crippen MR) is 109 cm³/mol. The number of anilines is 1. The van der Waals surface area contributed by atoms with E-state index in [0.717, 1.165) is 25.7 Å². The second-order valence-corrected chi connectivity index (χ2v) is 7.71. The van der Waals surface area contributed by atoms with Crippen LogP contribution in [0.1, 0.15) is 43.6 Å². The van der Waals surface area contributed by atoms with Crippen molar-refractivity contribution in [1.29, 1.82) is 0 Å². The maximum Gasteiger partial charge on any atom is 0.293 e. The maximum absolute atomic E-state index is 13.1. The van der Waals surface area contributed by atoms with Crippen molar-refractivity contribution in [2.75, 3.05) is 18.1 Å². The summed E-state index contributed by atoms with van der Waals surface area (Å²) < 4.78 is 3.32. The third kappa shape index (κ3) is 3.04. The first-order valence-electron chi connectivity index (χ1n) is 10.1. The number of aliphatic hydroxyl groups excluding tert-OH is 1. The Balaban J connectivity index is 1.64.